The molecular formula is C18H14FN5O2. The predicted molar refractivity (Wildman–Crippen MR) is 94.5 cm³/mol. The van der Waals surface area contributed by atoms with Crippen LogP contribution in [0.3, 0.4) is 0 Å². The van der Waals surface area contributed by atoms with Crippen molar-refractivity contribution in [3.8, 4) is 0 Å². The van der Waals surface area contributed by atoms with Gasteiger partial charge in [-0.15, -0.1) is 0 Å². The van der Waals surface area contributed by atoms with Crippen molar-refractivity contribution >= 4 is 35.4 Å². The zero-order valence-corrected chi connectivity index (χ0v) is 13.5. The number of rotatable bonds is 3. The second kappa shape index (κ2) is 6.40. The number of para-hydroxylation sites is 2. The zero-order valence-electron chi connectivity index (χ0n) is 13.5. The highest BCUT2D eigenvalue weighted by Gasteiger charge is 2.36. The van der Waals surface area contributed by atoms with Crippen LogP contribution in [0.1, 0.15) is 12.0 Å². The molecule has 0 unspecified atom stereocenters. The van der Waals surface area contributed by atoms with E-state index in [-0.39, 0.29) is 12.1 Å². The van der Waals surface area contributed by atoms with Gasteiger partial charge in [0.25, 0.3) is 5.91 Å². The Bertz CT molecular complexity index is 956. The summed E-state index contributed by atoms with van der Waals surface area (Å²) in [4.78, 5) is 30.4. The van der Waals surface area contributed by atoms with E-state index in [4.69, 9.17) is 0 Å². The van der Waals surface area contributed by atoms with Crippen molar-refractivity contribution in [1.82, 2.24) is 10.3 Å². The molecule has 0 radical (unpaired) electrons. The minimum absolute atomic E-state index is 0.0697. The molecule has 2 N–H and O–H groups in total. The Morgan fingerprint density at radius 2 is 1.96 bits per heavy atom. The van der Waals surface area contributed by atoms with E-state index in [9.17, 15) is 14.0 Å². The fraction of sp³-hybridized carbons (Fsp3) is 0.111. The molecule has 130 valence electrons. The van der Waals surface area contributed by atoms with Crippen LogP contribution in [0.15, 0.2) is 58.6 Å². The first kappa shape index (κ1) is 15.9. The molecule has 0 aliphatic carbocycles. The highest BCUT2D eigenvalue weighted by atomic mass is 19.1. The Labute approximate surface area is 148 Å². The number of hydrogen-bond acceptors (Lipinski definition) is 5. The highest BCUT2D eigenvalue weighted by molar-refractivity contribution is 6.14. The second-order valence-corrected chi connectivity index (χ2v) is 5.83. The summed E-state index contributed by atoms with van der Waals surface area (Å²) in [5.74, 6) is -0.935. The van der Waals surface area contributed by atoms with Crippen LogP contribution >= 0.6 is 0 Å². The standard InChI is InChI=1S/C18H14FN5O2/c19-12-6-2-4-8-14(12)21-16(25)9-15-18(26)23-22-17-11-5-1-3-7-13(11)20-10-24(15)17/h1-8,10,15H,9H2,(H,21,25)(H,23,26)/t15-/m1/s1. The molecule has 2 aliphatic rings. The van der Waals surface area contributed by atoms with Gasteiger partial charge in [-0.25, -0.2) is 14.8 Å². The summed E-state index contributed by atoms with van der Waals surface area (Å²) in [5, 5.41) is 6.58. The molecule has 8 heteroatoms. The van der Waals surface area contributed by atoms with Crippen LogP contribution in [0.5, 0.6) is 0 Å². The van der Waals surface area contributed by atoms with Crippen LogP contribution in [0.4, 0.5) is 15.8 Å². The molecule has 0 saturated carbocycles. The van der Waals surface area contributed by atoms with Crippen molar-refractivity contribution in [2.24, 2.45) is 10.1 Å². The van der Waals surface area contributed by atoms with Crippen molar-refractivity contribution in [3.63, 3.8) is 0 Å². The van der Waals surface area contributed by atoms with E-state index in [1.54, 1.807) is 11.0 Å². The van der Waals surface area contributed by atoms with Crippen LogP contribution in [-0.2, 0) is 9.59 Å². The van der Waals surface area contributed by atoms with Gasteiger partial charge in [0.05, 0.1) is 24.1 Å². The van der Waals surface area contributed by atoms with Crippen molar-refractivity contribution in [1.29, 1.82) is 0 Å². The molecule has 1 atom stereocenters. The van der Waals surface area contributed by atoms with Gasteiger partial charge in [-0.05, 0) is 24.3 Å². The van der Waals surface area contributed by atoms with Gasteiger partial charge < -0.3 is 10.2 Å². The molecule has 0 spiro atoms. The molecule has 2 aliphatic heterocycles. The lowest BCUT2D eigenvalue weighted by molar-refractivity contribution is -0.128. The topological polar surface area (TPSA) is 86.2 Å². The van der Waals surface area contributed by atoms with Gasteiger partial charge in [-0.1, -0.05) is 24.3 Å². The van der Waals surface area contributed by atoms with Crippen molar-refractivity contribution in [2.75, 3.05) is 5.32 Å². The Hall–Kier alpha value is -3.55. The molecule has 4 rings (SSSR count). The van der Waals surface area contributed by atoms with Crippen LogP contribution in [-0.4, -0.2) is 34.9 Å². The Morgan fingerprint density at radius 3 is 2.81 bits per heavy atom. The maximum atomic E-state index is 13.7. The lowest BCUT2D eigenvalue weighted by Crippen LogP contribution is -2.54. The smallest absolute Gasteiger partial charge is 0.263 e. The molecule has 0 aromatic heterocycles. The number of carbonyl (C=O) groups is 2. The number of hydrazone groups is 1. The molecule has 2 aromatic carbocycles. The number of aliphatic imine (C=N–C) groups is 1. The van der Waals surface area contributed by atoms with Crippen LogP contribution in [0.2, 0.25) is 0 Å². The third kappa shape index (κ3) is 2.81. The number of hydrogen-bond donors (Lipinski definition) is 2. The number of nitrogens with zero attached hydrogens (tertiary/aromatic N) is 3. The van der Waals surface area contributed by atoms with Crippen molar-refractivity contribution in [3.05, 3.63) is 59.9 Å². The number of nitrogens with one attached hydrogen (secondary N) is 2. The summed E-state index contributed by atoms with van der Waals surface area (Å²) in [7, 11) is 0. The fourth-order valence-corrected chi connectivity index (χ4v) is 2.88. The highest BCUT2D eigenvalue weighted by Crippen LogP contribution is 2.27. The van der Waals surface area contributed by atoms with Gasteiger partial charge in [-0.2, -0.15) is 5.10 Å². The number of amidine groups is 1. The second-order valence-electron chi connectivity index (χ2n) is 5.83. The number of halogens is 1. The van der Waals surface area contributed by atoms with Gasteiger partial charge in [0.15, 0.2) is 5.84 Å². The summed E-state index contributed by atoms with van der Waals surface area (Å²) >= 11 is 0. The molecular weight excluding hydrogens is 337 g/mol. The number of carbonyl (C=O) groups excluding carboxylic acids is 2. The van der Waals surface area contributed by atoms with Gasteiger partial charge in [0.1, 0.15) is 11.9 Å². The van der Waals surface area contributed by atoms with E-state index >= 15 is 0 Å². The molecule has 0 fully saturated rings. The van der Waals surface area contributed by atoms with Gasteiger partial charge >= 0.3 is 0 Å². The first-order valence-electron chi connectivity index (χ1n) is 7.97. The van der Waals surface area contributed by atoms with E-state index in [0.717, 1.165) is 11.3 Å². The van der Waals surface area contributed by atoms with E-state index in [0.29, 0.717) is 5.84 Å². The summed E-state index contributed by atoms with van der Waals surface area (Å²) < 4.78 is 13.7. The Morgan fingerprint density at radius 1 is 1.19 bits per heavy atom. The summed E-state index contributed by atoms with van der Waals surface area (Å²) in [6.07, 6.45) is 1.31. The molecule has 2 aromatic rings. The number of benzene rings is 2. The Kier molecular flexibility index (Phi) is 3.92. The summed E-state index contributed by atoms with van der Waals surface area (Å²) in [6, 6.07) is 12.4. The maximum absolute atomic E-state index is 13.7. The average molecular weight is 351 g/mol. The molecule has 0 bridgehead atoms. The Balaban J connectivity index is 1.56. The normalized spacial score (nSPS) is 17.7. The van der Waals surface area contributed by atoms with Crippen LogP contribution < -0.4 is 10.7 Å². The quantitative estimate of drug-likeness (QED) is 0.887. The number of anilines is 1. The van der Waals surface area contributed by atoms with Gasteiger partial charge in [0.2, 0.25) is 5.91 Å². The third-order valence-corrected chi connectivity index (χ3v) is 4.15. The fourth-order valence-electron chi connectivity index (χ4n) is 2.88. The van der Waals surface area contributed by atoms with E-state index in [1.165, 1.54) is 24.5 Å². The van der Waals surface area contributed by atoms with E-state index in [1.807, 2.05) is 24.3 Å². The van der Waals surface area contributed by atoms with E-state index in [2.05, 4.69) is 20.8 Å². The third-order valence-electron chi connectivity index (χ3n) is 4.15. The number of amides is 2. The minimum Gasteiger partial charge on any atom is -0.324 e. The van der Waals surface area contributed by atoms with Crippen molar-refractivity contribution in [2.45, 2.75) is 12.5 Å². The summed E-state index contributed by atoms with van der Waals surface area (Å²) in [6.45, 7) is 0. The zero-order chi connectivity index (χ0) is 18.1. The number of fused-ring (bicyclic) bond motifs is 3. The minimum atomic E-state index is -0.827. The van der Waals surface area contributed by atoms with Gasteiger partial charge in [0, 0.05) is 5.56 Å². The molecule has 2 amide bonds. The molecule has 2 heterocycles. The average Bonchev–Trinajstić information content (AvgIpc) is 2.65. The lowest BCUT2D eigenvalue weighted by atomic mass is 10.0. The molecule has 0 saturated heterocycles. The van der Waals surface area contributed by atoms with Crippen LogP contribution in [0, 0.1) is 5.82 Å². The largest absolute Gasteiger partial charge is 0.324 e. The van der Waals surface area contributed by atoms with Gasteiger partial charge in [-0.3, -0.25) is 9.59 Å². The molecule has 26 heavy (non-hydrogen) atoms. The monoisotopic (exact) mass is 351 g/mol. The first-order valence-corrected chi connectivity index (χ1v) is 7.97. The summed E-state index contributed by atoms with van der Waals surface area (Å²) in [5.41, 5.74) is 4.00. The molecule has 7 nitrogen and oxygen atoms in total. The van der Waals surface area contributed by atoms with Crippen LogP contribution in [0.25, 0.3) is 0 Å². The SMILES string of the molecule is O=C(C[C@@H]1C(=O)NN=C2c3ccccc3N=CN21)Nc1ccccc1F. The van der Waals surface area contributed by atoms with Crippen molar-refractivity contribution < 1.29 is 14.0 Å². The predicted octanol–water partition coefficient (Wildman–Crippen LogP) is 1.99. The lowest BCUT2D eigenvalue weighted by Gasteiger charge is -2.34. The van der Waals surface area contributed by atoms with E-state index < -0.39 is 23.7 Å². The maximum Gasteiger partial charge on any atom is 0.263 e. The first-order chi connectivity index (χ1) is 12.6.